The predicted molar refractivity (Wildman–Crippen MR) is 84.0 cm³/mol. The van der Waals surface area contributed by atoms with Crippen LogP contribution in [-0.4, -0.2) is 17.1 Å². The molecule has 1 aromatic heterocycles. The topological polar surface area (TPSA) is 63.9 Å². The number of ether oxygens (including phenoxy) is 1. The number of methoxy groups -OCH3 is 1. The normalized spacial score (nSPS) is 13.3. The number of imidazole rings is 1. The van der Waals surface area contributed by atoms with Gasteiger partial charge in [-0.1, -0.05) is 26.8 Å². The van der Waals surface area contributed by atoms with Crippen LogP contribution >= 0.6 is 15.9 Å². The summed E-state index contributed by atoms with van der Waals surface area (Å²) in [4.78, 5) is 7.39. The average molecular weight is 338 g/mol. The Kier molecular flexibility index (Phi) is 4.20. The predicted octanol–water partition coefficient (Wildman–Crippen LogP) is 3.53. The Morgan fingerprint density at radius 3 is 2.55 bits per heavy atom. The van der Waals surface area contributed by atoms with Gasteiger partial charge >= 0.3 is 0 Å². The fourth-order valence-corrected chi connectivity index (χ4v) is 2.37. The van der Waals surface area contributed by atoms with Crippen molar-refractivity contribution in [1.82, 2.24) is 9.97 Å². The highest BCUT2D eigenvalue weighted by atomic mass is 79.9. The smallest absolute Gasteiger partial charge is 0.128 e. The van der Waals surface area contributed by atoms with E-state index in [2.05, 4.69) is 58.8 Å². The Morgan fingerprint density at radius 1 is 1.35 bits per heavy atom. The molecule has 0 fully saturated rings. The molecule has 2 rings (SSSR count). The molecule has 0 bridgehead atoms. The lowest BCUT2D eigenvalue weighted by molar-refractivity contribution is 0.406. The molecule has 3 N–H and O–H groups in total. The standard InChI is InChI=1S/C15H20BrN3O/c1-15(2,3)9-5-6-11(20-4)10(7-9)13(17)14-18-8-12(16)19-14/h5-8,13H,17H2,1-4H3,(H,18,19). The summed E-state index contributed by atoms with van der Waals surface area (Å²) in [6, 6.07) is 5.79. The van der Waals surface area contributed by atoms with E-state index in [1.54, 1.807) is 13.3 Å². The van der Waals surface area contributed by atoms with Crippen LogP contribution in [0.15, 0.2) is 29.0 Å². The van der Waals surface area contributed by atoms with E-state index in [1.165, 1.54) is 5.56 Å². The summed E-state index contributed by atoms with van der Waals surface area (Å²) in [6.07, 6.45) is 1.70. The Morgan fingerprint density at radius 2 is 2.05 bits per heavy atom. The van der Waals surface area contributed by atoms with Gasteiger partial charge in [-0.3, -0.25) is 0 Å². The molecular weight excluding hydrogens is 318 g/mol. The van der Waals surface area contributed by atoms with Crippen molar-refractivity contribution in [2.45, 2.75) is 32.2 Å². The summed E-state index contributed by atoms with van der Waals surface area (Å²) in [5.74, 6) is 1.49. The van der Waals surface area contributed by atoms with E-state index in [-0.39, 0.29) is 11.5 Å². The van der Waals surface area contributed by atoms with Crippen LogP contribution in [0.3, 0.4) is 0 Å². The monoisotopic (exact) mass is 337 g/mol. The van der Waals surface area contributed by atoms with Gasteiger partial charge in [0.2, 0.25) is 0 Å². The highest BCUT2D eigenvalue weighted by Crippen LogP contribution is 2.32. The van der Waals surface area contributed by atoms with Crippen LogP contribution in [0.5, 0.6) is 5.75 Å². The van der Waals surface area contributed by atoms with Crippen molar-refractivity contribution in [3.63, 3.8) is 0 Å². The lowest BCUT2D eigenvalue weighted by atomic mass is 9.85. The molecule has 0 aliphatic heterocycles. The van der Waals surface area contributed by atoms with Gasteiger partial charge in [0.25, 0.3) is 0 Å². The van der Waals surface area contributed by atoms with Crippen molar-refractivity contribution < 1.29 is 4.74 Å². The van der Waals surface area contributed by atoms with E-state index in [9.17, 15) is 0 Å². The van der Waals surface area contributed by atoms with Gasteiger partial charge in [-0.2, -0.15) is 0 Å². The average Bonchev–Trinajstić information content (AvgIpc) is 2.82. The first kappa shape index (κ1) is 15.1. The zero-order chi connectivity index (χ0) is 14.9. The van der Waals surface area contributed by atoms with Crippen LogP contribution in [0.4, 0.5) is 0 Å². The van der Waals surface area contributed by atoms with E-state index in [0.717, 1.165) is 15.9 Å². The van der Waals surface area contributed by atoms with Crippen molar-refractivity contribution in [3.05, 3.63) is 46.0 Å². The second kappa shape index (κ2) is 5.58. The van der Waals surface area contributed by atoms with Crippen LogP contribution in [0.2, 0.25) is 0 Å². The van der Waals surface area contributed by atoms with Gasteiger partial charge in [0.15, 0.2) is 0 Å². The molecule has 108 valence electrons. The number of halogens is 1. The molecule has 5 heteroatoms. The SMILES string of the molecule is COc1ccc(C(C)(C)C)cc1C(N)c1ncc(Br)[nH]1. The number of nitrogens with zero attached hydrogens (tertiary/aromatic N) is 1. The Balaban J connectivity index is 2.48. The third kappa shape index (κ3) is 3.04. The zero-order valence-electron chi connectivity index (χ0n) is 12.2. The number of benzene rings is 1. The van der Waals surface area contributed by atoms with Gasteiger partial charge in [-0.15, -0.1) is 0 Å². The van der Waals surface area contributed by atoms with E-state index in [0.29, 0.717) is 5.82 Å². The molecule has 0 aliphatic carbocycles. The van der Waals surface area contributed by atoms with Gasteiger partial charge in [0.1, 0.15) is 16.2 Å². The summed E-state index contributed by atoms with van der Waals surface area (Å²) in [5, 5.41) is 0. The molecule has 2 aromatic rings. The summed E-state index contributed by atoms with van der Waals surface area (Å²) in [5.41, 5.74) is 8.53. The second-order valence-corrected chi connectivity index (χ2v) is 6.66. The minimum absolute atomic E-state index is 0.0600. The Hall–Kier alpha value is -1.33. The van der Waals surface area contributed by atoms with Crippen LogP contribution < -0.4 is 10.5 Å². The molecule has 1 unspecified atom stereocenters. The molecule has 20 heavy (non-hydrogen) atoms. The van der Waals surface area contributed by atoms with E-state index in [1.807, 2.05) is 6.07 Å². The molecule has 0 radical (unpaired) electrons. The van der Waals surface area contributed by atoms with Gasteiger partial charge in [0.05, 0.1) is 19.3 Å². The third-order valence-electron chi connectivity index (χ3n) is 3.29. The highest BCUT2D eigenvalue weighted by Gasteiger charge is 2.21. The summed E-state index contributed by atoms with van der Waals surface area (Å²) in [7, 11) is 1.65. The quantitative estimate of drug-likeness (QED) is 0.900. The van der Waals surface area contributed by atoms with E-state index >= 15 is 0 Å². The number of hydrogen-bond donors (Lipinski definition) is 2. The maximum absolute atomic E-state index is 6.32. The molecule has 0 spiro atoms. The van der Waals surface area contributed by atoms with Crippen LogP contribution in [0.1, 0.15) is 43.8 Å². The highest BCUT2D eigenvalue weighted by molar-refractivity contribution is 9.10. The van der Waals surface area contributed by atoms with E-state index in [4.69, 9.17) is 10.5 Å². The summed E-state index contributed by atoms with van der Waals surface area (Å²) < 4.78 is 6.24. The lowest BCUT2D eigenvalue weighted by Crippen LogP contribution is -2.17. The maximum atomic E-state index is 6.32. The number of aromatic amines is 1. The largest absolute Gasteiger partial charge is 0.496 e. The van der Waals surface area contributed by atoms with Crippen molar-refractivity contribution in [2.75, 3.05) is 7.11 Å². The summed E-state index contributed by atoms with van der Waals surface area (Å²) >= 11 is 3.35. The van der Waals surface area contributed by atoms with Gasteiger partial charge in [0, 0.05) is 5.56 Å². The number of hydrogen-bond acceptors (Lipinski definition) is 3. The molecule has 1 heterocycles. The maximum Gasteiger partial charge on any atom is 0.128 e. The van der Waals surface area contributed by atoms with Gasteiger partial charge in [-0.05, 0) is 39.0 Å². The lowest BCUT2D eigenvalue weighted by Gasteiger charge is -2.22. The first-order chi connectivity index (χ1) is 9.32. The minimum Gasteiger partial charge on any atom is -0.496 e. The minimum atomic E-state index is -0.349. The molecular formula is C15H20BrN3O. The van der Waals surface area contributed by atoms with Crippen LogP contribution in [0, 0.1) is 0 Å². The first-order valence-electron chi connectivity index (χ1n) is 6.47. The number of H-pyrrole nitrogens is 1. The Labute approximate surface area is 127 Å². The molecule has 0 saturated heterocycles. The van der Waals surface area contributed by atoms with Crippen molar-refractivity contribution in [1.29, 1.82) is 0 Å². The van der Waals surface area contributed by atoms with Gasteiger partial charge in [-0.25, -0.2) is 4.98 Å². The molecule has 1 atom stereocenters. The number of nitrogens with one attached hydrogen (secondary N) is 1. The fourth-order valence-electron chi connectivity index (χ4n) is 2.06. The summed E-state index contributed by atoms with van der Waals surface area (Å²) in [6.45, 7) is 6.52. The fraction of sp³-hybridized carbons (Fsp3) is 0.400. The van der Waals surface area contributed by atoms with E-state index < -0.39 is 0 Å². The molecule has 4 nitrogen and oxygen atoms in total. The molecule has 1 aromatic carbocycles. The van der Waals surface area contributed by atoms with Crippen LogP contribution in [-0.2, 0) is 5.41 Å². The molecule has 0 aliphatic rings. The number of aromatic nitrogens is 2. The zero-order valence-corrected chi connectivity index (χ0v) is 13.8. The number of nitrogens with two attached hydrogens (primary N) is 1. The van der Waals surface area contributed by atoms with Crippen LogP contribution in [0.25, 0.3) is 0 Å². The van der Waals surface area contributed by atoms with Crippen molar-refractivity contribution in [3.8, 4) is 5.75 Å². The molecule has 0 amide bonds. The second-order valence-electron chi connectivity index (χ2n) is 5.80. The van der Waals surface area contributed by atoms with Gasteiger partial charge < -0.3 is 15.5 Å². The first-order valence-corrected chi connectivity index (χ1v) is 7.26. The Bertz CT molecular complexity index is 601. The molecule has 0 saturated carbocycles. The van der Waals surface area contributed by atoms with Crippen molar-refractivity contribution >= 4 is 15.9 Å². The third-order valence-corrected chi connectivity index (χ3v) is 3.69. The van der Waals surface area contributed by atoms with Crippen molar-refractivity contribution in [2.24, 2.45) is 5.73 Å². The number of rotatable bonds is 3.